The smallest absolute Gasteiger partial charge is 0.315 e. The standard InChI is InChI=1S/C18H22N2O3/c1-22-16-9-7-14(8-10-16)13-20-18(21)19-12-11-15-5-3-4-6-17(15)23-2/h3-10H,11-13H2,1-2H3,(H2,19,20,21). The highest BCUT2D eigenvalue weighted by molar-refractivity contribution is 5.73. The fourth-order valence-electron chi connectivity index (χ4n) is 2.21. The van der Waals surface area contributed by atoms with Crippen LogP contribution in [0.15, 0.2) is 48.5 Å². The van der Waals surface area contributed by atoms with Gasteiger partial charge >= 0.3 is 6.03 Å². The lowest BCUT2D eigenvalue weighted by molar-refractivity contribution is 0.240. The average Bonchev–Trinajstić information content (AvgIpc) is 2.61. The number of methoxy groups -OCH3 is 2. The van der Waals surface area contributed by atoms with Crippen molar-refractivity contribution < 1.29 is 14.3 Å². The second kappa shape index (κ2) is 8.68. The van der Waals surface area contributed by atoms with Crippen LogP contribution in [-0.2, 0) is 13.0 Å². The third-order valence-electron chi connectivity index (χ3n) is 3.48. The van der Waals surface area contributed by atoms with E-state index in [-0.39, 0.29) is 6.03 Å². The Kier molecular flexibility index (Phi) is 6.29. The molecule has 5 heteroatoms. The first-order chi connectivity index (χ1) is 11.2. The Morgan fingerprint density at radius 3 is 2.39 bits per heavy atom. The van der Waals surface area contributed by atoms with E-state index in [2.05, 4.69) is 10.6 Å². The number of ether oxygens (including phenoxy) is 2. The van der Waals surface area contributed by atoms with Crippen molar-refractivity contribution in [2.45, 2.75) is 13.0 Å². The molecule has 0 atom stereocenters. The first-order valence-electron chi connectivity index (χ1n) is 7.49. The van der Waals surface area contributed by atoms with Crippen molar-refractivity contribution in [3.63, 3.8) is 0 Å². The molecule has 0 aromatic heterocycles. The van der Waals surface area contributed by atoms with E-state index >= 15 is 0 Å². The summed E-state index contributed by atoms with van der Waals surface area (Å²) < 4.78 is 10.4. The average molecular weight is 314 g/mol. The quantitative estimate of drug-likeness (QED) is 0.826. The molecular weight excluding hydrogens is 292 g/mol. The van der Waals surface area contributed by atoms with Crippen molar-refractivity contribution in [1.29, 1.82) is 0 Å². The Morgan fingerprint density at radius 2 is 1.70 bits per heavy atom. The summed E-state index contributed by atoms with van der Waals surface area (Å²) in [5.41, 5.74) is 2.09. The summed E-state index contributed by atoms with van der Waals surface area (Å²) in [6, 6.07) is 15.2. The van der Waals surface area contributed by atoms with Crippen molar-refractivity contribution in [2.75, 3.05) is 20.8 Å². The van der Waals surface area contributed by atoms with Gasteiger partial charge in [0.2, 0.25) is 0 Å². The number of rotatable bonds is 7. The third-order valence-corrected chi connectivity index (χ3v) is 3.48. The van der Waals surface area contributed by atoms with Gasteiger partial charge in [-0.15, -0.1) is 0 Å². The fourth-order valence-corrected chi connectivity index (χ4v) is 2.21. The lowest BCUT2D eigenvalue weighted by Crippen LogP contribution is -2.36. The van der Waals surface area contributed by atoms with Gasteiger partial charge in [-0.05, 0) is 35.7 Å². The van der Waals surface area contributed by atoms with Crippen LogP contribution in [0.2, 0.25) is 0 Å². The number of hydrogen-bond donors (Lipinski definition) is 2. The van der Waals surface area contributed by atoms with Gasteiger partial charge in [0.25, 0.3) is 0 Å². The molecule has 2 aromatic carbocycles. The number of hydrogen-bond acceptors (Lipinski definition) is 3. The predicted molar refractivity (Wildman–Crippen MR) is 89.9 cm³/mol. The van der Waals surface area contributed by atoms with Gasteiger partial charge in [-0.2, -0.15) is 0 Å². The van der Waals surface area contributed by atoms with Crippen LogP contribution in [0, 0.1) is 0 Å². The Hall–Kier alpha value is -2.69. The van der Waals surface area contributed by atoms with Crippen molar-refractivity contribution in [1.82, 2.24) is 10.6 Å². The van der Waals surface area contributed by atoms with Crippen LogP contribution < -0.4 is 20.1 Å². The molecule has 23 heavy (non-hydrogen) atoms. The molecule has 5 nitrogen and oxygen atoms in total. The molecular formula is C18H22N2O3. The first kappa shape index (κ1) is 16.7. The second-order valence-corrected chi connectivity index (χ2v) is 5.02. The summed E-state index contributed by atoms with van der Waals surface area (Å²) in [5, 5.41) is 5.67. The molecule has 0 saturated heterocycles. The van der Waals surface area contributed by atoms with Crippen LogP contribution in [0.1, 0.15) is 11.1 Å². The summed E-state index contributed by atoms with van der Waals surface area (Å²) in [6.07, 6.45) is 0.722. The number of carbonyl (C=O) groups is 1. The minimum atomic E-state index is -0.185. The number of amides is 2. The number of carbonyl (C=O) groups excluding carboxylic acids is 1. The molecule has 122 valence electrons. The van der Waals surface area contributed by atoms with E-state index in [0.29, 0.717) is 13.1 Å². The first-order valence-corrected chi connectivity index (χ1v) is 7.49. The molecule has 2 aromatic rings. The van der Waals surface area contributed by atoms with Gasteiger partial charge in [0.1, 0.15) is 11.5 Å². The maximum atomic E-state index is 11.8. The highest BCUT2D eigenvalue weighted by atomic mass is 16.5. The Balaban J connectivity index is 1.72. The van der Waals surface area contributed by atoms with E-state index < -0.39 is 0 Å². The predicted octanol–water partition coefficient (Wildman–Crippen LogP) is 2.75. The van der Waals surface area contributed by atoms with Crippen molar-refractivity contribution in [3.05, 3.63) is 59.7 Å². The summed E-state index contributed by atoms with van der Waals surface area (Å²) in [5.74, 6) is 1.64. The van der Waals surface area contributed by atoms with Crippen LogP contribution in [0.4, 0.5) is 4.79 Å². The fraction of sp³-hybridized carbons (Fsp3) is 0.278. The van der Waals surface area contributed by atoms with Crippen LogP contribution in [0.25, 0.3) is 0 Å². The van der Waals surface area contributed by atoms with Gasteiger partial charge < -0.3 is 20.1 Å². The zero-order chi connectivity index (χ0) is 16.5. The van der Waals surface area contributed by atoms with Crippen LogP contribution in [0.3, 0.4) is 0 Å². The topological polar surface area (TPSA) is 59.6 Å². The lowest BCUT2D eigenvalue weighted by Gasteiger charge is -2.10. The second-order valence-electron chi connectivity index (χ2n) is 5.02. The summed E-state index contributed by atoms with van der Waals surface area (Å²) in [4.78, 5) is 11.8. The third kappa shape index (κ3) is 5.21. The highest BCUT2D eigenvalue weighted by Crippen LogP contribution is 2.17. The molecule has 0 unspecified atom stereocenters. The van der Waals surface area contributed by atoms with E-state index in [1.807, 2.05) is 48.5 Å². The molecule has 0 saturated carbocycles. The van der Waals surface area contributed by atoms with E-state index in [9.17, 15) is 4.79 Å². The van der Waals surface area contributed by atoms with Crippen molar-refractivity contribution >= 4 is 6.03 Å². The minimum absolute atomic E-state index is 0.185. The minimum Gasteiger partial charge on any atom is -0.497 e. The number of benzene rings is 2. The molecule has 2 amide bonds. The van der Waals surface area contributed by atoms with Gasteiger partial charge in [0.15, 0.2) is 0 Å². The van der Waals surface area contributed by atoms with E-state index in [4.69, 9.17) is 9.47 Å². The summed E-state index contributed by atoms with van der Waals surface area (Å²) in [6.45, 7) is 1.03. The number of nitrogens with one attached hydrogen (secondary N) is 2. The zero-order valence-electron chi connectivity index (χ0n) is 13.5. The monoisotopic (exact) mass is 314 g/mol. The molecule has 0 heterocycles. The SMILES string of the molecule is COc1ccc(CNC(=O)NCCc2ccccc2OC)cc1. The van der Waals surface area contributed by atoms with Gasteiger partial charge in [-0.3, -0.25) is 0 Å². The number of para-hydroxylation sites is 1. The van der Waals surface area contributed by atoms with Crippen LogP contribution in [-0.4, -0.2) is 26.8 Å². The molecule has 0 aliphatic rings. The van der Waals surface area contributed by atoms with E-state index in [1.54, 1.807) is 14.2 Å². The normalized spacial score (nSPS) is 10.0. The Bertz CT molecular complexity index is 626. The molecule has 0 spiro atoms. The molecule has 0 aliphatic carbocycles. The van der Waals surface area contributed by atoms with Gasteiger partial charge in [0.05, 0.1) is 14.2 Å². The maximum Gasteiger partial charge on any atom is 0.315 e. The molecule has 0 aliphatic heterocycles. The molecule has 0 fully saturated rings. The number of urea groups is 1. The summed E-state index contributed by atoms with van der Waals surface area (Å²) in [7, 11) is 3.27. The van der Waals surface area contributed by atoms with Crippen LogP contribution in [0.5, 0.6) is 11.5 Å². The highest BCUT2D eigenvalue weighted by Gasteiger charge is 2.04. The molecule has 2 N–H and O–H groups in total. The zero-order valence-corrected chi connectivity index (χ0v) is 13.5. The largest absolute Gasteiger partial charge is 0.497 e. The van der Waals surface area contributed by atoms with Gasteiger partial charge in [-0.1, -0.05) is 30.3 Å². The molecule has 2 rings (SSSR count). The maximum absolute atomic E-state index is 11.8. The van der Waals surface area contributed by atoms with Crippen molar-refractivity contribution in [3.8, 4) is 11.5 Å². The Morgan fingerprint density at radius 1 is 0.957 bits per heavy atom. The van der Waals surface area contributed by atoms with Gasteiger partial charge in [-0.25, -0.2) is 4.79 Å². The van der Waals surface area contributed by atoms with Crippen LogP contribution >= 0.6 is 0 Å². The summed E-state index contributed by atoms with van der Waals surface area (Å²) >= 11 is 0. The Labute approximate surface area is 136 Å². The van der Waals surface area contributed by atoms with Crippen molar-refractivity contribution in [2.24, 2.45) is 0 Å². The van der Waals surface area contributed by atoms with Gasteiger partial charge in [0, 0.05) is 13.1 Å². The van der Waals surface area contributed by atoms with E-state index in [0.717, 1.165) is 29.0 Å². The lowest BCUT2D eigenvalue weighted by atomic mass is 10.1. The van der Waals surface area contributed by atoms with E-state index in [1.165, 1.54) is 0 Å². The molecule has 0 bridgehead atoms. The molecule has 0 radical (unpaired) electrons.